The van der Waals surface area contributed by atoms with Gasteiger partial charge in [0.2, 0.25) is 5.91 Å². The summed E-state index contributed by atoms with van der Waals surface area (Å²) >= 11 is 9.59. The molecule has 2 rings (SSSR count). The van der Waals surface area contributed by atoms with Gasteiger partial charge in [-0.1, -0.05) is 29.8 Å². The van der Waals surface area contributed by atoms with Crippen LogP contribution in [0.4, 0.5) is 11.4 Å². The zero-order valence-electron chi connectivity index (χ0n) is 11.8. The third-order valence-corrected chi connectivity index (χ3v) is 4.12. The average Bonchev–Trinajstić information content (AvgIpc) is 2.45. The highest BCUT2D eigenvalue weighted by molar-refractivity contribution is 9.10. The summed E-state index contributed by atoms with van der Waals surface area (Å²) < 4.78 is 0.878. The van der Waals surface area contributed by atoms with E-state index in [0.29, 0.717) is 5.02 Å². The number of benzene rings is 2. The standard InChI is InChI=1S/C16H16BrClN2O/c1-10-8-13(17)15(9-14(10)18)19-11(2)16(21)20-12-6-4-3-5-7-12/h3-9,11,19H,1-2H3,(H,20,21). The Kier molecular flexibility index (Phi) is 5.26. The molecule has 0 heterocycles. The zero-order valence-corrected chi connectivity index (χ0v) is 14.1. The van der Waals surface area contributed by atoms with Crippen LogP contribution < -0.4 is 10.6 Å². The van der Waals surface area contributed by atoms with Crippen LogP contribution in [-0.4, -0.2) is 11.9 Å². The number of hydrogen-bond acceptors (Lipinski definition) is 2. The van der Waals surface area contributed by atoms with Crippen molar-refractivity contribution in [2.24, 2.45) is 0 Å². The quantitative estimate of drug-likeness (QED) is 0.811. The third kappa shape index (κ3) is 4.22. The number of halogens is 2. The Morgan fingerprint density at radius 1 is 1.24 bits per heavy atom. The molecule has 3 nitrogen and oxygen atoms in total. The van der Waals surface area contributed by atoms with Crippen molar-refractivity contribution in [2.45, 2.75) is 19.9 Å². The fraction of sp³-hybridized carbons (Fsp3) is 0.188. The zero-order chi connectivity index (χ0) is 15.4. The minimum atomic E-state index is -0.389. The Morgan fingerprint density at radius 3 is 2.57 bits per heavy atom. The summed E-state index contributed by atoms with van der Waals surface area (Å²) in [5.74, 6) is -0.107. The summed E-state index contributed by atoms with van der Waals surface area (Å²) in [5.41, 5.74) is 2.55. The van der Waals surface area contributed by atoms with Gasteiger partial charge in [0.15, 0.2) is 0 Å². The van der Waals surface area contributed by atoms with Gasteiger partial charge in [0.25, 0.3) is 0 Å². The Balaban J connectivity index is 2.06. The Bertz CT molecular complexity index is 646. The molecule has 0 radical (unpaired) electrons. The molecule has 0 fully saturated rings. The van der Waals surface area contributed by atoms with Crippen molar-refractivity contribution in [1.82, 2.24) is 0 Å². The molecule has 0 spiro atoms. The summed E-state index contributed by atoms with van der Waals surface area (Å²) in [6.45, 7) is 3.74. The van der Waals surface area contributed by atoms with E-state index < -0.39 is 0 Å². The maximum atomic E-state index is 12.2. The lowest BCUT2D eigenvalue weighted by atomic mass is 10.2. The second-order valence-corrected chi connectivity index (χ2v) is 6.06. The number of hydrogen-bond donors (Lipinski definition) is 2. The maximum absolute atomic E-state index is 12.2. The Hall–Kier alpha value is -1.52. The predicted molar refractivity (Wildman–Crippen MR) is 92.0 cm³/mol. The molecule has 0 saturated heterocycles. The molecule has 2 N–H and O–H groups in total. The highest BCUT2D eigenvalue weighted by Gasteiger charge is 2.14. The summed E-state index contributed by atoms with van der Waals surface area (Å²) in [5, 5.41) is 6.68. The van der Waals surface area contributed by atoms with E-state index in [1.807, 2.05) is 49.4 Å². The highest BCUT2D eigenvalue weighted by atomic mass is 79.9. The van der Waals surface area contributed by atoms with Gasteiger partial charge in [-0.05, 0) is 59.6 Å². The van der Waals surface area contributed by atoms with Crippen LogP contribution in [0, 0.1) is 6.92 Å². The third-order valence-electron chi connectivity index (χ3n) is 3.05. The molecule has 1 atom stereocenters. The van der Waals surface area contributed by atoms with Gasteiger partial charge in [-0.2, -0.15) is 0 Å². The van der Waals surface area contributed by atoms with Gasteiger partial charge in [-0.15, -0.1) is 0 Å². The van der Waals surface area contributed by atoms with E-state index in [2.05, 4.69) is 26.6 Å². The van der Waals surface area contributed by atoms with Gasteiger partial charge in [-0.25, -0.2) is 0 Å². The highest BCUT2D eigenvalue weighted by Crippen LogP contribution is 2.29. The molecule has 0 aromatic heterocycles. The lowest BCUT2D eigenvalue weighted by Crippen LogP contribution is -2.32. The molecule has 21 heavy (non-hydrogen) atoms. The van der Waals surface area contributed by atoms with E-state index in [9.17, 15) is 4.79 Å². The molecular weight excluding hydrogens is 352 g/mol. The van der Waals surface area contributed by atoms with Crippen LogP contribution in [0.25, 0.3) is 0 Å². The molecule has 2 aromatic carbocycles. The summed E-state index contributed by atoms with van der Waals surface area (Å²) in [4.78, 5) is 12.2. The molecule has 1 amide bonds. The maximum Gasteiger partial charge on any atom is 0.246 e. The molecular formula is C16H16BrClN2O. The minimum absolute atomic E-state index is 0.107. The number of anilines is 2. The van der Waals surface area contributed by atoms with Crippen LogP contribution in [0.1, 0.15) is 12.5 Å². The van der Waals surface area contributed by atoms with E-state index in [4.69, 9.17) is 11.6 Å². The lowest BCUT2D eigenvalue weighted by molar-refractivity contribution is -0.116. The number of carbonyl (C=O) groups is 1. The van der Waals surface area contributed by atoms with Crippen molar-refractivity contribution >= 4 is 44.8 Å². The van der Waals surface area contributed by atoms with Crippen molar-refractivity contribution in [3.8, 4) is 0 Å². The van der Waals surface area contributed by atoms with Crippen LogP contribution >= 0.6 is 27.5 Å². The van der Waals surface area contributed by atoms with Crippen LogP contribution in [0.15, 0.2) is 46.9 Å². The van der Waals surface area contributed by atoms with E-state index in [-0.39, 0.29) is 11.9 Å². The smallest absolute Gasteiger partial charge is 0.246 e. The lowest BCUT2D eigenvalue weighted by Gasteiger charge is -2.17. The number of amides is 1. The predicted octanol–water partition coefficient (Wildman–Crippen LogP) is 4.85. The van der Waals surface area contributed by atoms with E-state index >= 15 is 0 Å². The number of carbonyl (C=O) groups excluding carboxylic acids is 1. The Labute approximate surface area is 137 Å². The molecule has 1 unspecified atom stereocenters. The number of rotatable bonds is 4. The largest absolute Gasteiger partial charge is 0.373 e. The Morgan fingerprint density at radius 2 is 1.90 bits per heavy atom. The number of nitrogens with one attached hydrogen (secondary N) is 2. The molecule has 2 aromatic rings. The fourth-order valence-corrected chi connectivity index (χ4v) is 2.56. The van der Waals surface area contributed by atoms with E-state index in [1.165, 1.54) is 0 Å². The summed E-state index contributed by atoms with van der Waals surface area (Å²) in [7, 11) is 0. The van der Waals surface area contributed by atoms with E-state index in [0.717, 1.165) is 21.4 Å². The molecule has 0 aliphatic rings. The van der Waals surface area contributed by atoms with Crippen molar-refractivity contribution in [2.75, 3.05) is 10.6 Å². The van der Waals surface area contributed by atoms with Gasteiger partial charge in [0, 0.05) is 15.2 Å². The monoisotopic (exact) mass is 366 g/mol. The normalized spacial score (nSPS) is 11.8. The van der Waals surface area contributed by atoms with Gasteiger partial charge >= 0.3 is 0 Å². The van der Waals surface area contributed by atoms with E-state index in [1.54, 1.807) is 6.92 Å². The van der Waals surface area contributed by atoms with Crippen LogP contribution in [0.5, 0.6) is 0 Å². The first-order valence-electron chi connectivity index (χ1n) is 6.55. The molecule has 5 heteroatoms. The fourth-order valence-electron chi connectivity index (χ4n) is 1.83. The van der Waals surface area contributed by atoms with Crippen LogP contribution in [-0.2, 0) is 4.79 Å². The van der Waals surface area contributed by atoms with Crippen molar-refractivity contribution < 1.29 is 4.79 Å². The first-order chi connectivity index (χ1) is 9.97. The summed E-state index contributed by atoms with van der Waals surface area (Å²) in [6, 6.07) is 12.7. The molecule has 0 bridgehead atoms. The first kappa shape index (κ1) is 15.9. The molecule has 0 aliphatic carbocycles. The SMILES string of the molecule is Cc1cc(Br)c(NC(C)C(=O)Nc2ccccc2)cc1Cl. The van der Waals surface area contributed by atoms with Crippen molar-refractivity contribution in [3.05, 3.63) is 57.5 Å². The van der Waals surface area contributed by atoms with Crippen LogP contribution in [0.2, 0.25) is 5.02 Å². The van der Waals surface area contributed by atoms with Gasteiger partial charge in [-0.3, -0.25) is 4.79 Å². The summed E-state index contributed by atoms with van der Waals surface area (Å²) in [6.07, 6.45) is 0. The first-order valence-corrected chi connectivity index (χ1v) is 7.72. The van der Waals surface area contributed by atoms with Gasteiger partial charge < -0.3 is 10.6 Å². The molecule has 0 saturated carbocycles. The molecule has 0 aliphatic heterocycles. The van der Waals surface area contributed by atoms with Crippen molar-refractivity contribution in [3.63, 3.8) is 0 Å². The number of aryl methyl sites for hydroxylation is 1. The van der Waals surface area contributed by atoms with Gasteiger partial charge in [0.1, 0.15) is 6.04 Å². The van der Waals surface area contributed by atoms with Crippen molar-refractivity contribution in [1.29, 1.82) is 0 Å². The topological polar surface area (TPSA) is 41.1 Å². The average molecular weight is 368 g/mol. The minimum Gasteiger partial charge on any atom is -0.373 e. The molecule has 110 valence electrons. The second-order valence-electron chi connectivity index (χ2n) is 4.80. The number of para-hydroxylation sites is 1. The van der Waals surface area contributed by atoms with Gasteiger partial charge in [0.05, 0.1) is 5.69 Å². The van der Waals surface area contributed by atoms with Crippen LogP contribution in [0.3, 0.4) is 0 Å². The second kappa shape index (κ2) is 6.96.